The molecule has 0 aromatic carbocycles. The fourth-order valence-electron chi connectivity index (χ4n) is 10.5. The van der Waals surface area contributed by atoms with Gasteiger partial charge in [-0.05, 0) is 12.8 Å². The van der Waals surface area contributed by atoms with E-state index in [1.54, 1.807) is 0 Å². The molecule has 22 nitrogen and oxygen atoms in total. The zero-order valence-corrected chi connectivity index (χ0v) is 46.7. The van der Waals surface area contributed by atoms with Gasteiger partial charge in [0, 0.05) is 33.1 Å². The summed E-state index contributed by atoms with van der Waals surface area (Å²) in [5, 5.41) is 105. The van der Waals surface area contributed by atoms with Crippen LogP contribution in [0.1, 0.15) is 201 Å². The highest BCUT2D eigenvalue weighted by Crippen LogP contribution is 2.36. The monoisotopic (exact) mass is 1110 g/mol. The van der Waals surface area contributed by atoms with Gasteiger partial charge in [0.1, 0.15) is 48.8 Å². The maximum atomic E-state index is 13.4. The van der Waals surface area contributed by atoms with Crippen molar-refractivity contribution < 1.29 is 93.6 Å². The highest BCUT2D eigenvalue weighted by Gasteiger charge is 2.56. The minimum absolute atomic E-state index is 0.0658. The van der Waals surface area contributed by atoms with Crippen LogP contribution in [0.2, 0.25) is 0 Å². The summed E-state index contributed by atoms with van der Waals surface area (Å²) in [6.45, 7) is 4.26. The molecule has 0 radical (unpaired) electrons. The molecule has 0 spiro atoms. The van der Waals surface area contributed by atoms with E-state index in [2.05, 4.69) is 29.8 Å². The number of rotatable bonds is 41. The maximum absolute atomic E-state index is 13.4. The van der Waals surface area contributed by atoms with E-state index < -0.39 is 148 Å². The molecule has 450 valence electrons. The second kappa shape index (κ2) is 38.1. The lowest BCUT2D eigenvalue weighted by atomic mass is 9.90. The number of amides is 3. The van der Waals surface area contributed by atoms with Crippen molar-refractivity contribution in [2.45, 2.75) is 299 Å². The van der Waals surface area contributed by atoms with E-state index in [0.29, 0.717) is 12.8 Å². The number of unbranched alkanes of at least 4 members (excludes halogenated alkanes) is 21. The zero-order chi connectivity index (χ0) is 56.8. The molecule has 0 bridgehead atoms. The van der Waals surface area contributed by atoms with E-state index >= 15 is 0 Å². The topological polar surface area (TPSA) is 342 Å². The van der Waals surface area contributed by atoms with E-state index in [9.17, 15) is 65.1 Å². The Kier molecular flexibility index (Phi) is 33.9. The molecule has 3 heterocycles. The number of nitrogens with one attached hydrogen (secondary N) is 3. The Morgan fingerprint density at radius 3 is 1.64 bits per heavy atom. The summed E-state index contributed by atoms with van der Waals surface area (Å²) in [7, 11) is 0. The van der Waals surface area contributed by atoms with Crippen molar-refractivity contribution in [3.05, 3.63) is 0 Å². The Morgan fingerprint density at radius 1 is 0.623 bits per heavy atom. The smallest absolute Gasteiger partial charge is 0.364 e. The number of aliphatic hydroxyl groups is 8. The number of carbonyl (C=O) groups is 4. The minimum atomic E-state index is -2.69. The third kappa shape index (κ3) is 24.5. The van der Waals surface area contributed by atoms with Gasteiger partial charge >= 0.3 is 5.97 Å². The predicted octanol–water partition coefficient (Wildman–Crippen LogP) is 3.25. The van der Waals surface area contributed by atoms with Crippen LogP contribution >= 0.6 is 0 Å². The summed E-state index contributed by atoms with van der Waals surface area (Å²) >= 11 is 0. The molecule has 16 atom stereocenters. The quantitative estimate of drug-likeness (QED) is 0.0391. The fourth-order valence-corrected chi connectivity index (χ4v) is 10.5. The van der Waals surface area contributed by atoms with E-state index in [1.807, 2.05) is 0 Å². The highest BCUT2D eigenvalue weighted by atomic mass is 16.8. The van der Waals surface area contributed by atoms with Crippen molar-refractivity contribution in [2.75, 3.05) is 26.4 Å². The lowest BCUT2D eigenvalue weighted by molar-refractivity contribution is -0.358. The second-order valence-corrected chi connectivity index (χ2v) is 21.7. The minimum Gasteiger partial charge on any atom is -0.477 e. The van der Waals surface area contributed by atoms with Gasteiger partial charge in [0.2, 0.25) is 17.7 Å². The first kappa shape index (κ1) is 68.6. The van der Waals surface area contributed by atoms with Crippen LogP contribution in [-0.2, 0) is 47.6 Å². The number of carboxylic acids is 1. The molecular weight excluding hydrogens is 1010 g/mol. The van der Waals surface area contributed by atoms with Gasteiger partial charge in [-0.2, -0.15) is 0 Å². The first-order valence-corrected chi connectivity index (χ1v) is 29.2. The molecule has 3 rings (SSSR count). The molecule has 12 N–H and O–H groups in total. The van der Waals surface area contributed by atoms with Crippen molar-refractivity contribution in [3.8, 4) is 0 Å². The largest absolute Gasteiger partial charge is 0.477 e. The zero-order valence-electron chi connectivity index (χ0n) is 46.7. The average molecular weight is 1110 g/mol. The van der Waals surface area contributed by atoms with Gasteiger partial charge in [-0.3, -0.25) is 14.4 Å². The second-order valence-electron chi connectivity index (χ2n) is 21.7. The van der Waals surface area contributed by atoms with Gasteiger partial charge in [0.15, 0.2) is 12.6 Å². The molecular formula is C55H101N3O19. The number of hydrogen-bond donors (Lipinski definition) is 12. The Balaban J connectivity index is 1.65. The number of ether oxygens (including phenoxy) is 6. The van der Waals surface area contributed by atoms with E-state index in [1.165, 1.54) is 103 Å². The summed E-state index contributed by atoms with van der Waals surface area (Å²) in [5.74, 6) is -5.76. The standard InChI is InChI=1S/C55H101N3O19/c1-5-7-9-11-13-15-16-17-18-19-20-21-23-25-27-29-44(65)58-38(28-26-24-22-14-12-10-8-6-2)34-72-52-46(57-37(4)62)48(67)51(42(33-60)74-52)76-53-50(69)49(68)47(66)43(75-53)35-73-55(54(70)71)31-40(64)45(56-36(3)61)41(77-55)30-39(63)32-59/h38-43,45-53,59-60,63-64,66-69H,5-35H2,1-4H3,(H,56,61)(H,57,62)(H,58,65)(H,70,71)/t38?,39-,40+,41?,42?,43?,45+,46-,47-,48?,49?,50-,51+,52+,53-,55+/m0/s1. The summed E-state index contributed by atoms with van der Waals surface area (Å²) in [6, 6.07) is -3.03. The third-order valence-electron chi connectivity index (χ3n) is 14.9. The fraction of sp³-hybridized carbons (Fsp3) is 0.927. The van der Waals surface area contributed by atoms with E-state index in [-0.39, 0.29) is 12.5 Å². The van der Waals surface area contributed by atoms with Gasteiger partial charge in [0.25, 0.3) is 5.79 Å². The summed E-state index contributed by atoms with van der Waals surface area (Å²) in [5.41, 5.74) is 0. The maximum Gasteiger partial charge on any atom is 0.364 e. The first-order valence-electron chi connectivity index (χ1n) is 29.2. The SMILES string of the molecule is CCCCCCCCCCCCCCCCCC(=O)NC(CCCCCCCCCC)CO[C@@H]1OC(CO)[C@@H](O[C@@H]2OC(CO[C@]3(C(=O)O)C[C@@H](O)[C@@H](NC(C)=O)C(C[C@H](O)CO)O3)[C@H](O)C(O)[C@@H]2O)C(O)[C@@H]1NC(C)=O. The normalized spacial score (nSPS) is 30.4. The Morgan fingerprint density at radius 2 is 1.13 bits per heavy atom. The number of hydrogen-bond acceptors (Lipinski definition) is 18. The van der Waals surface area contributed by atoms with E-state index in [4.69, 9.17) is 28.4 Å². The molecule has 0 aliphatic carbocycles. The lowest BCUT2D eigenvalue weighted by Crippen LogP contribution is -2.68. The van der Waals surface area contributed by atoms with Gasteiger partial charge < -0.3 is 90.3 Å². The molecule has 3 amide bonds. The Labute approximate surface area is 457 Å². The van der Waals surface area contributed by atoms with Crippen molar-refractivity contribution in [3.63, 3.8) is 0 Å². The molecule has 3 saturated heterocycles. The van der Waals surface area contributed by atoms with Crippen molar-refractivity contribution in [1.82, 2.24) is 16.0 Å². The molecule has 22 heteroatoms. The lowest BCUT2D eigenvalue weighted by Gasteiger charge is -2.48. The van der Waals surface area contributed by atoms with Gasteiger partial charge in [-0.25, -0.2) is 4.79 Å². The molecule has 3 aliphatic rings. The molecule has 0 saturated carbocycles. The molecule has 77 heavy (non-hydrogen) atoms. The molecule has 3 aliphatic heterocycles. The number of aliphatic hydroxyl groups excluding tert-OH is 8. The number of carboxylic acid groups (broad SMARTS) is 1. The summed E-state index contributed by atoms with van der Waals surface area (Å²) in [4.78, 5) is 50.6. The van der Waals surface area contributed by atoms with Crippen LogP contribution in [0.5, 0.6) is 0 Å². The van der Waals surface area contributed by atoms with Crippen LogP contribution in [0, 0.1) is 0 Å². The van der Waals surface area contributed by atoms with Crippen LogP contribution in [0.25, 0.3) is 0 Å². The van der Waals surface area contributed by atoms with Crippen LogP contribution in [0.3, 0.4) is 0 Å². The predicted molar refractivity (Wildman–Crippen MR) is 283 cm³/mol. The van der Waals surface area contributed by atoms with Crippen molar-refractivity contribution in [1.29, 1.82) is 0 Å². The summed E-state index contributed by atoms with van der Waals surface area (Å²) in [6.07, 6.45) is 6.47. The molecule has 0 aromatic heterocycles. The molecule has 3 fully saturated rings. The third-order valence-corrected chi connectivity index (χ3v) is 14.9. The number of aliphatic carboxylic acids is 1. The van der Waals surface area contributed by atoms with Gasteiger partial charge in [-0.15, -0.1) is 0 Å². The highest BCUT2D eigenvalue weighted by molar-refractivity contribution is 5.77. The summed E-state index contributed by atoms with van der Waals surface area (Å²) < 4.78 is 35.6. The average Bonchev–Trinajstić information content (AvgIpc) is 3.39. The van der Waals surface area contributed by atoms with Gasteiger partial charge in [-0.1, -0.05) is 155 Å². The van der Waals surface area contributed by atoms with Crippen LogP contribution in [-0.4, -0.2) is 194 Å². The van der Waals surface area contributed by atoms with E-state index in [0.717, 1.165) is 58.3 Å². The van der Waals surface area contributed by atoms with Crippen LogP contribution < -0.4 is 16.0 Å². The van der Waals surface area contributed by atoms with Crippen LogP contribution in [0.4, 0.5) is 0 Å². The molecule has 0 aromatic rings. The van der Waals surface area contributed by atoms with Crippen molar-refractivity contribution in [2.24, 2.45) is 0 Å². The van der Waals surface area contributed by atoms with Crippen molar-refractivity contribution >= 4 is 23.7 Å². The van der Waals surface area contributed by atoms with Crippen LogP contribution in [0.15, 0.2) is 0 Å². The van der Waals surface area contributed by atoms with Gasteiger partial charge in [0.05, 0.1) is 56.8 Å². The number of carbonyl (C=O) groups excluding carboxylic acids is 3. The Bertz CT molecular complexity index is 1640. The Hall–Kier alpha value is -2.68. The first-order chi connectivity index (χ1) is 36.9. The molecule has 6 unspecified atom stereocenters.